The van der Waals surface area contributed by atoms with Crippen molar-refractivity contribution in [2.24, 2.45) is 0 Å². The van der Waals surface area contributed by atoms with Crippen molar-refractivity contribution in [2.75, 3.05) is 13.1 Å². The maximum Gasteiger partial charge on any atom is 0.337 e. The van der Waals surface area contributed by atoms with Gasteiger partial charge in [-0.05, 0) is 31.7 Å². The number of hydrogen-bond acceptors (Lipinski definition) is 2. The number of carbonyl (C=O) groups excluding carboxylic acids is 1. The summed E-state index contributed by atoms with van der Waals surface area (Å²) < 4.78 is 15.0. The number of alkyl halides is 1. The van der Waals surface area contributed by atoms with Crippen LogP contribution < -0.4 is 0 Å². The largest absolute Gasteiger partial charge is 0.478 e. The van der Waals surface area contributed by atoms with Crippen LogP contribution in [0.15, 0.2) is 6.07 Å². The lowest BCUT2D eigenvalue weighted by Crippen LogP contribution is -2.31. The number of fused-ring (bicyclic) bond motifs is 1. The molecule has 5 nitrogen and oxygen atoms in total. The summed E-state index contributed by atoms with van der Waals surface area (Å²) >= 11 is 0. The maximum atomic E-state index is 13.2. The van der Waals surface area contributed by atoms with E-state index >= 15 is 0 Å². The van der Waals surface area contributed by atoms with Gasteiger partial charge in [0.25, 0.3) is 5.91 Å². The normalized spacial score (nSPS) is 21.9. The van der Waals surface area contributed by atoms with Gasteiger partial charge < -0.3 is 14.6 Å². The molecule has 0 radical (unpaired) electrons. The second-order valence-electron chi connectivity index (χ2n) is 5.44. The van der Waals surface area contributed by atoms with E-state index in [0.29, 0.717) is 31.6 Å². The average Bonchev–Trinajstić information content (AvgIpc) is 3.02. The minimum atomic E-state index is -1.00. The van der Waals surface area contributed by atoms with Crippen LogP contribution in [0.3, 0.4) is 0 Å². The van der Waals surface area contributed by atoms with Crippen LogP contribution in [-0.2, 0) is 13.0 Å². The topological polar surface area (TPSA) is 62.5 Å². The van der Waals surface area contributed by atoms with Crippen LogP contribution in [0, 0.1) is 0 Å². The van der Waals surface area contributed by atoms with E-state index in [9.17, 15) is 19.1 Å². The molecule has 1 fully saturated rings. The average molecular weight is 280 g/mol. The third-order valence-corrected chi connectivity index (χ3v) is 4.12. The fourth-order valence-corrected chi connectivity index (χ4v) is 3.10. The van der Waals surface area contributed by atoms with Crippen LogP contribution in [0.1, 0.15) is 45.8 Å². The minimum Gasteiger partial charge on any atom is -0.478 e. The molecule has 6 heteroatoms. The van der Waals surface area contributed by atoms with Gasteiger partial charge >= 0.3 is 5.97 Å². The number of rotatable bonds is 2. The van der Waals surface area contributed by atoms with E-state index < -0.39 is 12.1 Å². The number of carboxylic acid groups (broad SMARTS) is 1. The number of hydrogen-bond donors (Lipinski definition) is 1. The Hall–Kier alpha value is -1.85. The minimum absolute atomic E-state index is 0.113. The third kappa shape index (κ3) is 2.09. The number of aromatic carboxylic acids is 1. The van der Waals surface area contributed by atoms with Gasteiger partial charge in [0.2, 0.25) is 0 Å². The molecule has 1 saturated heterocycles. The van der Waals surface area contributed by atoms with Crippen LogP contribution >= 0.6 is 0 Å². The molecule has 2 aliphatic rings. The molecule has 0 bridgehead atoms. The monoisotopic (exact) mass is 280 g/mol. The van der Waals surface area contributed by atoms with Crippen molar-refractivity contribution in [1.29, 1.82) is 0 Å². The number of amides is 1. The van der Waals surface area contributed by atoms with Gasteiger partial charge in [-0.2, -0.15) is 0 Å². The quantitative estimate of drug-likeness (QED) is 0.897. The van der Waals surface area contributed by atoms with Crippen LogP contribution in [0.4, 0.5) is 4.39 Å². The Morgan fingerprint density at radius 2 is 2.10 bits per heavy atom. The Balaban J connectivity index is 1.97. The zero-order valence-corrected chi connectivity index (χ0v) is 11.1. The number of likely N-dealkylation sites (tertiary alicyclic amines) is 1. The summed E-state index contributed by atoms with van der Waals surface area (Å²) in [7, 11) is 0. The van der Waals surface area contributed by atoms with Crippen molar-refractivity contribution in [3.63, 3.8) is 0 Å². The molecule has 1 aromatic rings. The number of halogens is 1. The van der Waals surface area contributed by atoms with Gasteiger partial charge in [0.1, 0.15) is 11.9 Å². The molecular weight excluding hydrogens is 263 g/mol. The molecule has 1 N–H and O–H groups in total. The van der Waals surface area contributed by atoms with Crippen LogP contribution in [0.2, 0.25) is 0 Å². The highest BCUT2D eigenvalue weighted by atomic mass is 19.1. The summed E-state index contributed by atoms with van der Waals surface area (Å²) in [6.07, 6.45) is 1.96. The fourth-order valence-electron chi connectivity index (χ4n) is 3.10. The summed E-state index contributed by atoms with van der Waals surface area (Å²) in [5, 5.41) is 9.25. The Bertz CT molecular complexity index is 567. The lowest BCUT2D eigenvalue weighted by Gasteiger charge is -2.21. The van der Waals surface area contributed by atoms with Crippen molar-refractivity contribution in [1.82, 2.24) is 9.47 Å². The van der Waals surface area contributed by atoms with Crippen molar-refractivity contribution >= 4 is 11.9 Å². The lowest BCUT2D eigenvalue weighted by atomic mass is 10.1. The van der Waals surface area contributed by atoms with E-state index in [1.165, 1.54) is 11.0 Å². The highest BCUT2D eigenvalue weighted by molar-refractivity contribution is 5.98. The van der Waals surface area contributed by atoms with Crippen molar-refractivity contribution in [2.45, 2.75) is 38.4 Å². The van der Waals surface area contributed by atoms with Gasteiger partial charge in [0, 0.05) is 18.8 Å². The van der Waals surface area contributed by atoms with Gasteiger partial charge in [-0.1, -0.05) is 0 Å². The number of carbonyl (C=O) groups is 2. The second kappa shape index (κ2) is 4.92. The van der Waals surface area contributed by atoms with Crippen molar-refractivity contribution in [3.05, 3.63) is 23.0 Å². The predicted octanol–water partition coefficient (Wildman–Crippen LogP) is 1.71. The molecule has 0 aliphatic carbocycles. The van der Waals surface area contributed by atoms with E-state index in [2.05, 4.69) is 0 Å². The summed E-state index contributed by atoms with van der Waals surface area (Å²) in [4.78, 5) is 25.2. The summed E-state index contributed by atoms with van der Waals surface area (Å²) in [5.41, 5.74) is 1.33. The van der Waals surface area contributed by atoms with E-state index in [1.807, 2.05) is 0 Å². The molecule has 0 spiro atoms. The second-order valence-corrected chi connectivity index (χ2v) is 5.44. The van der Waals surface area contributed by atoms with Gasteiger partial charge in [-0.15, -0.1) is 0 Å². The molecule has 0 saturated carbocycles. The van der Waals surface area contributed by atoms with Crippen LogP contribution in [-0.4, -0.2) is 45.7 Å². The molecule has 1 amide bonds. The molecule has 1 atom stereocenters. The molecule has 3 rings (SSSR count). The first kappa shape index (κ1) is 13.1. The van der Waals surface area contributed by atoms with E-state index in [4.69, 9.17) is 0 Å². The molecule has 0 aromatic carbocycles. The van der Waals surface area contributed by atoms with Crippen LogP contribution in [0.5, 0.6) is 0 Å². The Morgan fingerprint density at radius 3 is 2.75 bits per heavy atom. The molecule has 108 valence electrons. The van der Waals surface area contributed by atoms with Gasteiger partial charge in [0.15, 0.2) is 0 Å². The summed E-state index contributed by atoms with van der Waals surface area (Å²) in [6.45, 7) is 1.18. The lowest BCUT2D eigenvalue weighted by molar-refractivity contribution is 0.0694. The summed E-state index contributed by atoms with van der Waals surface area (Å²) in [5.74, 6) is -1.25. The molecular formula is C14H17FN2O3. The number of carboxylic acids is 1. The summed E-state index contributed by atoms with van der Waals surface area (Å²) in [6, 6.07) is 1.46. The first-order valence-electron chi connectivity index (χ1n) is 6.97. The smallest absolute Gasteiger partial charge is 0.337 e. The fraction of sp³-hybridized carbons (Fsp3) is 0.571. The highest BCUT2D eigenvalue weighted by Crippen LogP contribution is 2.26. The van der Waals surface area contributed by atoms with E-state index in [0.717, 1.165) is 18.5 Å². The van der Waals surface area contributed by atoms with Crippen molar-refractivity contribution < 1.29 is 19.1 Å². The van der Waals surface area contributed by atoms with Crippen LogP contribution in [0.25, 0.3) is 0 Å². The van der Waals surface area contributed by atoms with E-state index in [-0.39, 0.29) is 18.0 Å². The molecule has 1 unspecified atom stereocenters. The number of aromatic nitrogens is 1. The Morgan fingerprint density at radius 1 is 1.30 bits per heavy atom. The number of nitrogens with zero attached hydrogens (tertiary/aromatic N) is 2. The first-order valence-corrected chi connectivity index (χ1v) is 6.97. The van der Waals surface area contributed by atoms with E-state index in [1.54, 1.807) is 4.57 Å². The van der Waals surface area contributed by atoms with Gasteiger partial charge in [-0.25, -0.2) is 9.18 Å². The highest BCUT2D eigenvalue weighted by Gasteiger charge is 2.31. The van der Waals surface area contributed by atoms with Crippen molar-refractivity contribution in [3.8, 4) is 0 Å². The Kier molecular flexibility index (Phi) is 3.23. The molecule has 3 heterocycles. The maximum absolute atomic E-state index is 13.2. The van der Waals surface area contributed by atoms with Gasteiger partial charge in [-0.3, -0.25) is 4.79 Å². The predicted molar refractivity (Wildman–Crippen MR) is 69.7 cm³/mol. The van der Waals surface area contributed by atoms with Gasteiger partial charge in [0.05, 0.1) is 12.1 Å². The molecule has 2 aliphatic heterocycles. The first-order chi connectivity index (χ1) is 9.58. The molecule has 1 aromatic heterocycles. The Labute approximate surface area is 116 Å². The molecule has 20 heavy (non-hydrogen) atoms. The zero-order valence-electron chi connectivity index (χ0n) is 11.1. The zero-order chi connectivity index (χ0) is 14.3. The standard InChI is InChI=1S/C14H17FN2O3/c15-9-4-6-16(8-9)13(18)12-7-10(14(19)20)11-3-1-2-5-17(11)12/h7,9H,1-6,8H2,(H,19,20). The SMILES string of the molecule is O=C(O)c1cc(C(=O)N2CCC(F)C2)n2c1CCCC2. The third-order valence-electron chi connectivity index (χ3n) is 4.12.